The third-order valence-electron chi connectivity index (χ3n) is 1.88. The van der Waals surface area contributed by atoms with Gasteiger partial charge >= 0.3 is 0 Å². The van der Waals surface area contributed by atoms with Crippen LogP contribution in [0.2, 0.25) is 0 Å². The summed E-state index contributed by atoms with van der Waals surface area (Å²) in [6, 6.07) is 1.86. The number of hydrogen-bond donors (Lipinski definition) is 1. The van der Waals surface area contributed by atoms with Gasteiger partial charge in [0.05, 0.1) is 21.4 Å². The highest BCUT2D eigenvalue weighted by Crippen LogP contribution is 2.32. The third-order valence-corrected chi connectivity index (χ3v) is 4.85. The molecule has 3 nitrogen and oxygen atoms in total. The molecule has 1 N–H and O–H groups in total. The fraction of sp³-hybridized carbons (Fsp3) is 0.200. The molecular weight excluding hydrogens is 582 g/mol. The third kappa shape index (κ3) is 4.16. The first-order valence-corrected chi connectivity index (χ1v) is 8.06. The Kier molecular flexibility index (Phi) is 6.40. The molecule has 1 aromatic rings. The van der Waals surface area contributed by atoms with Crippen LogP contribution >= 0.6 is 79.4 Å². The van der Waals surface area contributed by atoms with Crippen molar-refractivity contribution in [2.75, 3.05) is 11.9 Å². The van der Waals surface area contributed by atoms with E-state index in [1.807, 2.05) is 6.07 Å². The number of carbonyl (C=O) groups excluding carboxylic acids is 2. The predicted molar refractivity (Wildman–Crippen MR) is 93.9 cm³/mol. The first kappa shape index (κ1) is 15.9. The average molecular weight is 589 g/mol. The van der Waals surface area contributed by atoms with Crippen molar-refractivity contribution in [3.63, 3.8) is 0 Å². The van der Waals surface area contributed by atoms with Gasteiger partial charge in [0.15, 0.2) is 0 Å². The molecule has 0 aromatic heterocycles. The number of nitrogens with one attached hydrogen (secondary N) is 1. The predicted octanol–water partition coefficient (Wildman–Crippen LogP) is 3.88. The second-order valence-electron chi connectivity index (χ2n) is 3.23. The van der Waals surface area contributed by atoms with E-state index in [2.05, 4.69) is 73.1 Å². The SMILES string of the molecule is CC(=O)CNc1c(I)cc(I)c(C(=O)Cl)c1I. The molecule has 17 heavy (non-hydrogen) atoms. The van der Waals surface area contributed by atoms with Gasteiger partial charge in [0.2, 0.25) is 0 Å². The Morgan fingerprint density at radius 1 is 1.29 bits per heavy atom. The number of halogens is 4. The van der Waals surface area contributed by atoms with Gasteiger partial charge in [0, 0.05) is 7.14 Å². The molecule has 0 aliphatic rings. The van der Waals surface area contributed by atoms with Gasteiger partial charge in [0.25, 0.3) is 5.24 Å². The Morgan fingerprint density at radius 2 is 1.88 bits per heavy atom. The minimum Gasteiger partial charge on any atom is -0.376 e. The van der Waals surface area contributed by atoms with Crippen LogP contribution in [0.25, 0.3) is 0 Å². The fourth-order valence-corrected chi connectivity index (χ4v) is 5.90. The molecule has 0 atom stereocenters. The molecule has 0 unspecified atom stereocenters. The Bertz CT molecular complexity index is 491. The zero-order valence-electron chi connectivity index (χ0n) is 8.61. The number of anilines is 1. The summed E-state index contributed by atoms with van der Waals surface area (Å²) in [5.74, 6) is 0.0360. The zero-order chi connectivity index (χ0) is 13.2. The standard InChI is InChI=1S/C10H7ClI3NO2/c1-4(16)3-15-9-6(13)2-5(12)7(8(9)14)10(11)17/h2,15H,3H2,1H3. The Hall–Kier alpha value is 0.840. The van der Waals surface area contributed by atoms with E-state index in [9.17, 15) is 9.59 Å². The van der Waals surface area contributed by atoms with Gasteiger partial charge in [-0.25, -0.2) is 0 Å². The topological polar surface area (TPSA) is 46.2 Å². The van der Waals surface area contributed by atoms with Crippen molar-refractivity contribution in [2.24, 2.45) is 0 Å². The van der Waals surface area contributed by atoms with Crippen molar-refractivity contribution >= 4 is 96.1 Å². The molecule has 0 aliphatic heterocycles. The quantitative estimate of drug-likeness (QED) is 0.429. The van der Waals surface area contributed by atoms with E-state index in [0.29, 0.717) is 5.56 Å². The Balaban J connectivity index is 3.25. The fourth-order valence-electron chi connectivity index (χ4n) is 1.15. The maximum absolute atomic E-state index is 11.3. The van der Waals surface area contributed by atoms with Gasteiger partial charge in [-0.3, -0.25) is 9.59 Å². The molecule has 0 aliphatic carbocycles. The Morgan fingerprint density at radius 3 is 2.35 bits per heavy atom. The van der Waals surface area contributed by atoms with Crippen LogP contribution in [0.3, 0.4) is 0 Å². The van der Waals surface area contributed by atoms with Gasteiger partial charge in [-0.05, 0) is 92.4 Å². The highest BCUT2D eigenvalue weighted by atomic mass is 127. The molecule has 0 heterocycles. The van der Waals surface area contributed by atoms with Crippen molar-refractivity contribution in [1.29, 1.82) is 0 Å². The second kappa shape index (κ2) is 6.85. The first-order chi connectivity index (χ1) is 7.84. The van der Waals surface area contributed by atoms with Crippen LogP contribution in [0.5, 0.6) is 0 Å². The van der Waals surface area contributed by atoms with Crippen LogP contribution in [0.15, 0.2) is 6.07 Å². The number of hydrogen-bond acceptors (Lipinski definition) is 3. The van der Waals surface area contributed by atoms with Crippen molar-refractivity contribution in [3.8, 4) is 0 Å². The van der Waals surface area contributed by atoms with Crippen LogP contribution in [0, 0.1) is 10.7 Å². The minimum atomic E-state index is -0.485. The second-order valence-corrected chi connectivity index (χ2v) is 6.98. The molecule has 0 amide bonds. The Labute approximate surface area is 145 Å². The summed E-state index contributed by atoms with van der Waals surface area (Å²) < 4.78 is 2.52. The summed E-state index contributed by atoms with van der Waals surface area (Å²) in [5, 5.41) is 2.54. The van der Waals surface area contributed by atoms with Crippen LogP contribution in [0.4, 0.5) is 5.69 Å². The van der Waals surface area contributed by atoms with Crippen molar-refractivity contribution < 1.29 is 9.59 Å². The first-order valence-electron chi connectivity index (χ1n) is 4.45. The monoisotopic (exact) mass is 589 g/mol. The highest BCUT2D eigenvalue weighted by Gasteiger charge is 2.18. The molecule has 1 rings (SSSR count). The highest BCUT2D eigenvalue weighted by molar-refractivity contribution is 14.1. The lowest BCUT2D eigenvalue weighted by Crippen LogP contribution is -2.13. The number of benzene rings is 1. The van der Waals surface area contributed by atoms with E-state index in [0.717, 1.165) is 16.4 Å². The number of Topliss-reactive ketones (excluding diaryl/α,β-unsaturated/α-hetero) is 1. The van der Waals surface area contributed by atoms with Crippen molar-refractivity contribution in [3.05, 3.63) is 22.3 Å². The largest absolute Gasteiger partial charge is 0.376 e. The zero-order valence-corrected chi connectivity index (χ0v) is 15.8. The van der Waals surface area contributed by atoms with Gasteiger partial charge in [-0.15, -0.1) is 0 Å². The van der Waals surface area contributed by atoms with Gasteiger partial charge in [0.1, 0.15) is 5.78 Å². The van der Waals surface area contributed by atoms with Gasteiger partial charge in [-0.1, -0.05) is 0 Å². The van der Waals surface area contributed by atoms with E-state index in [1.165, 1.54) is 6.92 Å². The maximum Gasteiger partial charge on any atom is 0.254 e. The lowest BCUT2D eigenvalue weighted by atomic mass is 10.2. The van der Waals surface area contributed by atoms with E-state index >= 15 is 0 Å². The van der Waals surface area contributed by atoms with Crippen LogP contribution in [0.1, 0.15) is 17.3 Å². The molecule has 0 saturated heterocycles. The van der Waals surface area contributed by atoms with Crippen molar-refractivity contribution in [1.82, 2.24) is 0 Å². The summed E-state index contributed by atoms with van der Waals surface area (Å²) in [6.07, 6.45) is 0. The van der Waals surface area contributed by atoms with Gasteiger partial charge in [-0.2, -0.15) is 0 Å². The molecule has 0 bridgehead atoms. The number of rotatable bonds is 4. The summed E-state index contributed by atoms with van der Waals surface area (Å²) in [7, 11) is 0. The van der Waals surface area contributed by atoms with E-state index < -0.39 is 5.24 Å². The summed E-state index contributed by atoms with van der Waals surface area (Å²) in [4.78, 5) is 22.3. The molecule has 0 fully saturated rings. The lowest BCUT2D eigenvalue weighted by Gasteiger charge is -2.13. The number of carbonyl (C=O) groups is 2. The van der Waals surface area contributed by atoms with Crippen LogP contribution in [-0.2, 0) is 4.79 Å². The molecule has 92 valence electrons. The van der Waals surface area contributed by atoms with Crippen molar-refractivity contribution in [2.45, 2.75) is 6.92 Å². The van der Waals surface area contributed by atoms with Gasteiger partial charge < -0.3 is 5.32 Å². The smallest absolute Gasteiger partial charge is 0.254 e. The molecule has 0 saturated carbocycles. The normalized spacial score (nSPS) is 10.2. The molecule has 0 radical (unpaired) electrons. The number of ketones is 1. The summed E-state index contributed by atoms with van der Waals surface area (Å²) >= 11 is 11.9. The lowest BCUT2D eigenvalue weighted by molar-refractivity contribution is -0.115. The van der Waals surface area contributed by atoms with E-state index in [-0.39, 0.29) is 12.3 Å². The van der Waals surface area contributed by atoms with E-state index in [4.69, 9.17) is 11.6 Å². The molecule has 7 heteroatoms. The molecule has 1 aromatic carbocycles. The molecular formula is C10H7ClI3NO2. The van der Waals surface area contributed by atoms with Crippen LogP contribution in [-0.4, -0.2) is 17.6 Å². The average Bonchev–Trinajstić information content (AvgIpc) is 2.14. The summed E-state index contributed by atoms with van der Waals surface area (Å²) in [6.45, 7) is 1.75. The summed E-state index contributed by atoms with van der Waals surface area (Å²) in [5.41, 5.74) is 1.27. The van der Waals surface area contributed by atoms with Crippen LogP contribution < -0.4 is 5.32 Å². The molecule has 0 spiro atoms. The minimum absolute atomic E-state index is 0.0360. The maximum atomic E-state index is 11.3. The van der Waals surface area contributed by atoms with E-state index in [1.54, 1.807) is 0 Å².